The lowest BCUT2D eigenvalue weighted by Crippen LogP contribution is -2.40. The Morgan fingerprint density at radius 1 is 1.30 bits per heavy atom. The Morgan fingerprint density at radius 3 is 2.97 bits per heavy atom. The second kappa shape index (κ2) is 8.65. The number of nitrogens with zero attached hydrogens (tertiary/aromatic N) is 1. The van der Waals surface area contributed by atoms with Crippen LogP contribution in [-0.4, -0.2) is 27.7 Å². The minimum atomic E-state index is 0.00688. The molecule has 2 heterocycles. The van der Waals surface area contributed by atoms with Gasteiger partial charge < -0.3 is 10.3 Å². The molecule has 3 aliphatic carbocycles. The molecule has 2 N–H and O–H groups in total. The predicted octanol–water partition coefficient (Wildman–Crippen LogP) is 4.43. The summed E-state index contributed by atoms with van der Waals surface area (Å²) >= 11 is 3.36. The van der Waals surface area contributed by atoms with Crippen LogP contribution in [0.15, 0.2) is 4.79 Å². The van der Waals surface area contributed by atoms with Crippen molar-refractivity contribution in [2.24, 2.45) is 17.8 Å². The van der Waals surface area contributed by atoms with E-state index >= 15 is 0 Å². The molecule has 3 aliphatic rings. The van der Waals surface area contributed by atoms with Gasteiger partial charge in [-0.25, -0.2) is 4.98 Å². The molecule has 0 aliphatic heterocycles. The van der Waals surface area contributed by atoms with Crippen LogP contribution in [0.3, 0.4) is 0 Å². The van der Waals surface area contributed by atoms with Crippen molar-refractivity contribution >= 4 is 39.2 Å². The fourth-order valence-corrected chi connectivity index (χ4v) is 8.04. The SMILES string of the molecule is CC(NC(=O)CCSCc1nc2sc3c(c2c(=O)[nH]1)CCCC3)C1CC2CCC1C2. The Kier molecular flexibility index (Phi) is 5.93. The van der Waals surface area contributed by atoms with Crippen molar-refractivity contribution in [3.8, 4) is 0 Å². The van der Waals surface area contributed by atoms with Crippen LogP contribution in [0.5, 0.6) is 0 Å². The maximum absolute atomic E-state index is 12.6. The summed E-state index contributed by atoms with van der Waals surface area (Å²) in [6, 6.07) is 0.295. The molecule has 4 atom stereocenters. The number of rotatable bonds is 7. The molecule has 0 saturated heterocycles. The largest absolute Gasteiger partial charge is 0.353 e. The standard InChI is InChI=1S/C23H31N3O2S2/c1-13(17-11-14-6-7-15(17)10-14)24-20(27)8-9-29-12-19-25-22(28)21-16-4-2-3-5-18(16)30-23(21)26-19/h13-15,17H,2-12H2,1H3,(H,24,27)(H,25,26,28). The lowest BCUT2D eigenvalue weighted by atomic mass is 9.84. The van der Waals surface area contributed by atoms with Crippen molar-refractivity contribution in [3.05, 3.63) is 26.6 Å². The number of H-pyrrole nitrogens is 1. The molecule has 2 aromatic rings. The molecule has 2 aromatic heterocycles. The molecule has 2 bridgehead atoms. The summed E-state index contributed by atoms with van der Waals surface area (Å²) in [5, 5.41) is 4.06. The minimum absolute atomic E-state index is 0.00688. The van der Waals surface area contributed by atoms with Crippen LogP contribution in [0.2, 0.25) is 0 Å². The molecule has 0 aromatic carbocycles. The fraction of sp³-hybridized carbons (Fsp3) is 0.696. The Hall–Kier alpha value is -1.34. The Balaban J connectivity index is 1.11. The molecule has 4 unspecified atom stereocenters. The van der Waals surface area contributed by atoms with E-state index in [9.17, 15) is 9.59 Å². The van der Waals surface area contributed by atoms with Crippen LogP contribution in [-0.2, 0) is 23.4 Å². The van der Waals surface area contributed by atoms with E-state index < -0.39 is 0 Å². The highest BCUT2D eigenvalue weighted by atomic mass is 32.2. The monoisotopic (exact) mass is 445 g/mol. The predicted molar refractivity (Wildman–Crippen MR) is 124 cm³/mol. The first-order valence-corrected chi connectivity index (χ1v) is 13.5. The van der Waals surface area contributed by atoms with E-state index in [1.165, 1.54) is 49.0 Å². The molecule has 5 rings (SSSR count). The molecule has 7 heteroatoms. The number of nitrogens with one attached hydrogen (secondary N) is 2. The summed E-state index contributed by atoms with van der Waals surface area (Å²) in [6.07, 6.45) is 10.4. The summed E-state index contributed by atoms with van der Waals surface area (Å²) in [6.45, 7) is 2.18. The number of fused-ring (bicyclic) bond motifs is 5. The van der Waals surface area contributed by atoms with Crippen LogP contribution >= 0.6 is 23.1 Å². The van der Waals surface area contributed by atoms with Crippen LogP contribution in [0.4, 0.5) is 0 Å². The van der Waals surface area contributed by atoms with Crippen molar-refractivity contribution in [3.63, 3.8) is 0 Å². The second-order valence-electron chi connectivity index (χ2n) is 9.40. The number of aryl methyl sites for hydroxylation is 2. The highest BCUT2D eigenvalue weighted by molar-refractivity contribution is 7.98. The maximum atomic E-state index is 12.6. The molecule has 1 amide bonds. The number of amides is 1. The molecule has 162 valence electrons. The van der Waals surface area contributed by atoms with E-state index in [0.29, 0.717) is 24.1 Å². The van der Waals surface area contributed by atoms with E-state index in [2.05, 4.69) is 17.2 Å². The number of thiophene rings is 1. The molecule has 2 fully saturated rings. The normalized spacial score (nSPS) is 26.1. The van der Waals surface area contributed by atoms with Crippen LogP contribution < -0.4 is 10.9 Å². The van der Waals surface area contributed by atoms with E-state index in [0.717, 1.165) is 46.5 Å². The summed E-state index contributed by atoms with van der Waals surface area (Å²) < 4.78 is 0. The first-order valence-electron chi connectivity index (χ1n) is 11.5. The van der Waals surface area contributed by atoms with Gasteiger partial charge in [-0.1, -0.05) is 6.42 Å². The van der Waals surface area contributed by atoms with Gasteiger partial charge in [-0.2, -0.15) is 11.8 Å². The van der Waals surface area contributed by atoms with E-state index in [1.807, 2.05) is 0 Å². The molecular formula is C23H31N3O2S2. The highest BCUT2D eigenvalue weighted by Crippen LogP contribution is 2.49. The average Bonchev–Trinajstić information content (AvgIpc) is 3.44. The van der Waals surface area contributed by atoms with E-state index in [4.69, 9.17) is 4.98 Å². The van der Waals surface area contributed by atoms with Gasteiger partial charge in [-0.3, -0.25) is 9.59 Å². The lowest BCUT2D eigenvalue weighted by molar-refractivity contribution is -0.121. The fourth-order valence-electron chi connectivity index (χ4n) is 5.95. The molecule has 0 radical (unpaired) electrons. The summed E-state index contributed by atoms with van der Waals surface area (Å²) in [5.41, 5.74) is 1.24. The number of carbonyl (C=O) groups is 1. The average molecular weight is 446 g/mol. The number of aromatic nitrogens is 2. The first kappa shape index (κ1) is 20.6. The van der Waals surface area contributed by atoms with Crippen molar-refractivity contribution in [1.29, 1.82) is 0 Å². The van der Waals surface area contributed by atoms with Gasteiger partial charge >= 0.3 is 0 Å². The lowest BCUT2D eigenvalue weighted by Gasteiger charge is -2.28. The second-order valence-corrected chi connectivity index (χ2v) is 11.6. The van der Waals surface area contributed by atoms with Gasteiger partial charge in [0, 0.05) is 23.1 Å². The Bertz CT molecular complexity index is 998. The van der Waals surface area contributed by atoms with Gasteiger partial charge in [0.2, 0.25) is 5.91 Å². The Labute approximate surface area is 185 Å². The zero-order valence-corrected chi connectivity index (χ0v) is 19.3. The number of carbonyl (C=O) groups excluding carboxylic acids is 1. The maximum Gasteiger partial charge on any atom is 0.259 e. The third kappa shape index (κ3) is 4.07. The van der Waals surface area contributed by atoms with Gasteiger partial charge in [0.25, 0.3) is 5.56 Å². The van der Waals surface area contributed by atoms with Crippen molar-refractivity contribution in [2.45, 2.75) is 76.5 Å². The highest BCUT2D eigenvalue weighted by Gasteiger charge is 2.42. The van der Waals surface area contributed by atoms with Crippen LogP contribution in [0.25, 0.3) is 10.2 Å². The van der Waals surface area contributed by atoms with Gasteiger partial charge in [0.05, 0.1) is 11.1 Å². The first-order chi connectivity index (χ1) is 14.6. The van der Waals surface area contributed by atoms with Crippen LogP contribution in [0.1, 0.15) is 68.1 Å². The van der Waals surface area contributed by atoms with Gasteiger partial charge in [-0.15, -0.1) is 11.3 Å². The molecule has 5 nitrogen and oxygen atoms in total. The van der Waals surface area contributed by atoms with Crippen LogP contribution in [0, 0.1) is 17.8 Å². The number of hydrogen-bond acceptors (Lipinski definition) is 5. The topological polar surface area (TPSA) is 74.8 Å². The molecule has 0 spiro atoms. The van der Waals surface area contributed by atoms with E-state index in [1.54, 1.807) is 23.1 Å². The smallest absolute Gasteiger partial charge is 0.259 e. The number of aromatic amines is 1. The minimum Gasteiger partial charge on any atom is -0.353 e. The number of thioether (sulfide) groups is 1. The molecule has 30 heavy (non-hydrogen) atoms. The summed E-state index contributed by atoms with van der Waals surface area (Å²) in [7, 11) is 0. The summed E-state index contributed by atoms with van der Waals surface area (Å²) in [4.78, 5) is 34.9. The van der Waals surface area contributed by atoms with Gasteiger partial charge in [-0.05, 0) is 75.2 Å². The quantitative estimate of drug-likeness (QED) is 0.619. The zero-order chi connectivity index (χ0) is 20.7. The van der Waals surface area contributed by atoms with E-state index in [-0.39, 0.29) is 11.5 Å². The zero-order valence-electron chi connectivity index (χ0n) is 17.7. The van der Waals surface area contributed by atoms with Gasteiger partial charge in [0.15, 0.2) is 0 Å². The third-order valence-corrected chi connectivity index (χ3v) is 9.57. The third-order valence-electron chi connectivity index (χ3n) is 7.41. The Morgan fingerprint density at radius 2 is 2.17 bits per heavy atom. The van der Waals surface area contributed by atoms with Crippen molar-refractivity contribution < 1.29 is 4.79 Å². The van der Waals surface area contributed by atoms with Crippen molar-refractivity contribution in [2.75, 3.05) is 5.75 Å². The summed E-state index contributed by atoms with van der Waals surface area (Å²) in [5.74, 6) is 4.70. The number of hydrogen-bond donors (Lipinski definition) is 2. The van der Waals surface area contributed by atoms with Gasteiger partial charge in [0.1, 0.15) is 10.7 Å². The van der Waals surface area contributed by atoms with Crippen molar-refractivity contribution in [1.82, 2.24) is 15.3 Å². The molecular weight excluding hydrogens is 414 g/mol. The molecule has 2 saturated carbocycles.